The van der Waals surface area contributed by atoms with Crippen LogP contribution >= 0.6 is 0 Å². The van der Waals surface area contributed by atoms with Gasteiger partial charge in [-0.1, -0.05) is 11.8 Å². The van der Waals surface area contributed by atoms with E-state index in [2.05, 4.69) is 21.8 Å². The largest absolute Gasteiger partial charge is 0.481 e. The Balaban J connectivity index is 1.96. The molecule has 1 aliphatic heterocycles. The molecule has 0 radical (unpaired) electrons. The summed E-state index contributed by atoms with van der Waals surface area (Å²) >= 11 is 0. The number of fused-ring (bicyclic) bond motifs is 1. The Morgan fingerprint density at radius 3 is 3.05 bits per heavy atom. The zero-order valence-corrected chi connectivity index (χ0v) is 11.4. The first-order valence-corrected chi connectivity index (χ1v) is 6.80. The van der Waals surface area contributed by atoms with Crippen LogP contribution in [0.4, 0.5) is 0 Å². The van der Waals surface area contributed by atoms with Crippen molar-refractivity contribution in [2.75, 3.05) is 13.7 Å². The molecule has 0 aliphatic carbocycles. The standard InChI is InChI=1S/C16H16N2O2/c1-19-15-8-7-14-16(18-15)12(9-10-17-14)5-6-13-4-2-3-11-20-13/h7-10,13H,2-4,11H2,1H3/t13-/m0/s1. The molecule has 3 rings (SSSR count). The number of methoxy groups -OCH3 is 1. The summed E-state index contributed by atoms with van der Waals surface area (Å²) in [5.41, 5.74) is 2.46. The Kier molecular flexibility index (Phi) is 3.80. The van der Waals surface area contributed by atoms with Crippen molar-refractivity contribution in [2.45, 2.75) is 25.4 Å². The number of rotatable bonds is 1. The van der Waals surface area contributed by atoms with Gasteiger partial charge < -0.3 is 9.47 Å². The van der Waals surface area contributed by atoms with Crippen molar-refractivity contribution in [1.29, 1.82) is 0 Å². The first-order chi connectivity index (χ1) is 9.86. The van der Waals surface area contributed by atoms with Crippen LogP contribution in [-0.4, -0.2) is 29.8 Å². The fourth-order valence-electron chi connectivity index (χ4n) is 2.23. The molecular formula is C16H16N2O2. The molecule has 0 unspecified atom stereocenters. The first kappa shape index (κ1) is 12.9. The van der Waals surface area contributed by atoms with E-state index in [4.69, 9.17) is 9.47 Å². The molecular weight excluding hydrogens is 252 g/mol. The van der Waals surface area contributed by atoms with Crippen molar-refractivity contribution < 1.29 is 9.47 Å². The second kappa shape index (κ2) is 5.89. The summed E-state index contributed by atoms with van der Waals surface area (Å²) in [5, 5.41) is 0. The summed E-state index contributed by atoms with van der Waals surface area (Å²) in [6.45, 7) is 0.808. The van der Waals surface area contributed by atoms with Gasteiger partial charge in [0.05, 0.1) is 18.2 Å². The van der Waals surface area contributed by atoms with E-state index in [1.807, 2.05) is 12.1 Å². The number of nitrogens with zero attached hydrogens (tertiary/aromatic N) is 2. The molecule has 0 saturated carbocycles. The summed E-state index contributed by atoms with van der Waals surface area (Å²) in [6, 6.07) is 5.57. The van der Waals surface area contributed by atoms with E-state index in [0.717, 1.165) is 36.0 Å². The monoisotopic (exact) mass is 268 g/mol. The Morgan fingerprint density at radius 2 is 2.25 bits per heavy atom. The van der Waals surface area contributed by atoms with E-state index in [0.29, 0.717) is 5.88 Å². The van der Waals surface area contributed by atoms with Gasteiger partial charge in [0.25, 0.3) is 0 Å². The van der Waals surface area contributed by atoms with Gasteiger partial charge in [0.2, 0.25) is 5.88 Å². The van der Waals surface area contributed by atoms with E-state index in [-0.39, 0.29) is 6.10 Å². The quantitative estimate of drug-likeness (QED) is 0.746. The number of hydrogen-bond donors (Lipinski definition) is 0. The molecule has 0 bridgehead atoms. The fourth-order valence-corrected chi connectivity index (χ4v) is 2.23. The highest BCUT2D eigenvalue weighted by Crippen LogP contribution is 2.18. The number of hydrogen-bond acceptors (Lipinski definition) is 4. The van der Waals surface area contributed by atoms with Crippen LogP contribution in [-0.2, 0) is 4.74 Å². The maximum atomic E-state index is 5.62. The summed E-state index contributed by atoms with van der Waals surface area (Å²) in [6.07, 6.45) is 5.12. The summed E-state index contributed by atoms with van der Waals surface area (Å²) in [4.78, 5) is 8.72. The van der Waals surface area contributed by atoms with E-state index >= 15 is 0 Å². The Morgan fingerprint density at radius 1 is 1.30 bits per heavy atom. The van der Waals surface area contributed by atoms with Crippen molar-refractivity contribution in [3.63, 3.8) is 0 Å². The third-order valence-corrected chi connectivity index (χ3v) is 3.31. The zero-order chi connectivity index (χ0) is 13.8. The highest BCUT2D eigenvalue weighted by molar-refractivity contribution is 5.81. The van der Waals surface area contributed by atoms with E-state index in [9.17, 15) is 0 Å². The van der Waals surface area contributed by atoms with Gasteiger partial charge in [-0.2, -0.15) is 0 Å². The first-order valence-electron chi connectivity index (χ1n) is 6.80. The second-order valence-electron chi connectivity index (χ2n) is 4.70. The van der Waals surface area contributed by atoms with Gasteiger partial charge in [-0.15, -0.1) is 0 Å². The van der Waals surface area contributed by atoms with Crippen molar-refractivity contribution in [3.8, 4) is 17.7 Å². The molecule has 4 heteroatoms. The minimum Gasteiger partial charge on any atom is -0.481 e. The number of aromatic nitrogens is 2. The smallest absolute Gasteiger partial charge is 0.213 e. The fraction of sp³-hybridized carbons (Fsp3) is 0.375. The van der Waals surface area contributed by atoms with E-state index < -0.39 is 0 Å². The van der Waals surface area contributed by atoms with E-state index in [1.165, 1.54) is 6.42 Å². The highest BCUT2D eigenvalue weighted by Gasteiger charge is 2.10. The predicted octanol–water partition coefficient (Wildman–Crippen LogP) is 2.56. The van der Waals surface area contributed by atoms with Gasteiger partial charge in [0.1, 0.15) is 11.6 Å². The zero-order valence-electron chi connectivity index (χ0n) is 11.4. The third-order valence-electron chi connectivity index (χ3n) is 3.31. The minimum absolute atomic E-state index is 0.0394. The average Bonchev–Trinajstić information content (AvgIpc) is 2.53. The van der Waals surface area contributed by atoms with Crippen molar-refractivity contribution in [1.82, 2.24) is 9.97 Å². The van der Waals surface area contributed by atoms with Crippen molar-refractivity contribution >= 4 is 11.0 Å². The van der Waals surface area contributed by atoms with Crippen LogP contribution in [0.25, 0.3) is 11.0 Å². The average molecular weight is 268 g/mol. The molecule has 0 spiro atoms. The molecule has 1 saturated heterocycles. The maximum absolute atomic E-state index is 5.62. The van der Waals surface area contributed by atoms with Crippen LogP contribution in [0.2, 0.25) is 0 Å². The molecule has 3 heterocycles. The van der Waals surface area contributed by atoms with E-state index in [1.54, 1.807) is 19.4 Å². The predicted molar refractivity (Wildman–Crippen MR) is 76.6 cm³/mol. The molecule has 102 valence electrons. The second-order valence-corrected chi connectivity index (χ2v) is 4.70. The Bertz CT molecular complexity index is 667. The lowest BCUT2D eigenvalue weighted by Crippen LogP contribution is -2.16. The van der Waals surface area contributed by atoms with Crippen LogP contribution < -0.4 is 4.74 Å². The van der Waals surface area contributed by atoms with Crippen molar-refractivity contribution in [3.05, 3.63) is 30.0 Å². The lowest BCUT2D eigenvalue weighted by atomic mass is 10.1. The van der Waals surface area contributed by atoms with Gasteiger partial charge in [0, 0.05) is 18.9 Å². The number of pyridine rings is 2. The summed E-state index contributed by atoms with van der Waals surface area (Å²) in [5.74, 6) is 6.93. The van der Waals surface area contributed by atoms with Gasteiger partial charge >= 0.3 is 0 Å². The van der Waals surface area contributed by atoms with Crippen LogP contribution in [0.3, 0.4) is 0 Å². The minimum atomic E-state index is 0.0394. The topological polar surface area (TPSA) is 44.2 Å². The van der Waals surface area contributed by atoms with Crippen LogP contribution in [0.5, 0.6) is 5.88 Å². The van der Waals surface area contributed by atoms with Crippen molar-refractivity contribution in [2.24, 2.45) is 0 Å². The molecule has 2 aromatic heterocycles. The molecule has 1 aliphatic rings. The lowest BCUT2D eigenvalue weighted by molar-refractivity contribution is 0.0526. The molecule has 1 atom stereocenters. The summed E-state index contributed by atoms with van der Waals surface area (Å²) < 4.78 is 10.8. The molecule has 0 aromatic carbocycles. The lowest BCUT2D eigenvalue weighted by Gasteiger charge is -2.17. The van der Waals surface area contributed by atoms with Crippen LogP contribution in [0, 0.1) is 11.8 Å². The SMILES string of the molecule is COc1ccc2nccc(C#C[C@@H]3CCCCO3)c2n1. The molecule has 0 N–H and O–H groups in total. The van der Waals surface area contributed by atoms with Gasteiger partial charge in [0.15, 0.2) is 0 Å². The third kappa shape index (κ3) is 2.73. The van der Waals surface area contributed by atoms with Gasteiger partial charge in [-0.25, -0.2) is 4.98 Å². The molecule has 4 nitrogen and oxygen atoms in total. The van der Waals surface area contributed by atoms with Crippen LogP contribution in [0.1, 0.15) is 24.8 Å². The summed E-state index contributed by atoms with van der Waals surface area (Å²) in [7, 11) is 1.60. The molecule has 20 heavy (non-hydrogen) atoms. The highest BCUT2D eigenvalue weighted by atomic mass is 16.5. The Labute approximate surface area is 118 Å². The molecule has 0 amide bonds. The van der Waals surface area contributed by atoms with Gasteiger partial charge in [-0.05, 0) is 31.4 Å². The molecule has 1 fully saturated rings. The van der Waals surface area contributed by atoms with Gasteiger partial charge in [-0.3, -0.25) is 4.98 Å². The maximum Gasteiger partial charge on any atom is 0.213 e. The normalized spacial score (nSPS) is 18.4. The van der Waals surface area contributed by atoms with Crippen LogP contribution in [0.15, 0.2) is 24.4 Å². The Hall–Kier alpha value is -2.12. The molecule has 2 aromatic rings. The number of ether oxygens (including phenoxy) is 2.